The van der Waals surface area contributed by atoms with Crippen molar-refractivity contribution in [3.8, 4) is 11.5 Å². The van der Waals surface area contributed by atoms with Crippen LogP contribution in [0.1, 0.15) is 37.3 Å². The van der Waals surface area contributed by atoms with E-state index in [2.05, 4.69) is 6.07 Å². The van der Waals surface area contributed by atoms with Gasteiger partial charge in [-0.2, -0.15) is 0 Å². The molecule has 2 aliphatic rings. The molecular formula is C22H24FNO3S. The second-order valence-electron chi connectivity index (χ2n) is 7.05. The lowest BCUT2D eigenvalue weighted by atomic mass is 10.0. The first kappa shape index (κ1) is 19.1. The molecule has 1 amide bonds. The number of hydrogen-bond donors (Lipinski definition) is 0. The summed E-state index contributed by atoms with van der Waals surface area (Å²) in [6.07, 6.45) is 3.33. The van der Waals surface area contributed by atoms with Crippen LogP contribution in [0.5, 0.6) is 11.5 Å². The highest BCUT2D eigenvalue weighted by molar-refractivity contribution is 7.99. The van der Waals surface area contributed by atoms with Crippen molar-refractivity contribution in [1.29, 1.82) is 0 Å². The molecule has 6 heteroatoms. The molecule has 0 spiro atoms. The maximum absolute atomic E-state index is 13.0. The van der Waals surface area contributed by atoms with Crippen LogP contribution in [0.2, 0.25) is 0 Å². The number of hydrogen-bond acceptors (Lipinski definition) is 4. The Bertz CT molecular complexity index is 827. The maximum atomic E-state index is 13.0. The van der Waals surface area contributed by atoms with Crippen LogP contribution in [-0.2, 0) is 4.79 Å². The van der Waals surface area contributed by atoms with Gasteiger partial charge >= 0.3 is 0 Å². The molecule has 148 valence electrons. The van der Waals surface area contributed by atoms with Crippen molar-refractivity contribution in [2.24, 2.45) is 0 Å². The van der Waals surface area contributed by atoms with Gasteiger partial charge in [0.2, 0.25) is 5.91 Å². The molecule has 0 aliphatic carbocycles. The Kier molecular flexibility index (Phi) is 6.05. The molecule has 4 rings (SSSR count). The van der Waals surface area contributed by atoms with E-state index in [1.807, 2.05) is 17.0 Å². The summed E-state index contributed by atoms with van der Waals surface area (Å²) in [7, 11) is 0. The van der Waals surface area contributed by atoms with Gasteiger partial charge in [0.05, 0.1) is 19.3 Å². The zero-order valence-electron chi connectivity index (χ0n) is 15.7. The summed E-state index contributed by atoms with van der Waals surface area (Å²) in [5.74, 6) is 2.18. The van der Waals surface area contributed by atoms with E-state index in [-0.39, 0.29) is 17.8 Å². The van der Waals surface area contributed by atoms with Crippen LogP contribution in [0.4, 0.5) is 4.39 Å². The van der Waals surface area contributed by atoms with Gasteiger partial charge in [0.25, 0.3) is 0 Å². The number of rotatable bonds is 5. The summed E-state index contributed by atoms with van der Waals surface area (Å²) in [5.41, 5.74) is 1.11. The summed E-state index contributed by atoms with van der Waals surface area (Å²) in [6.45, 7) is 2.12. The number of carbonyl (C=O) groups is 1. The Hall–Kier alpha value is -2.21. The average molecular weight is 402 g/mol. The molecule has 1 atom stereocenters. The highest BCUT2D eigenvalue weighted by Gasteiger charge is 2.30. The zero-order chi connectivity index (χ0) is 19.3. The highest BCUT2D eigenvalue weighted by atomic mass is 32.2. The van der Waals surface area contributed by atoms with Crippen LogP contribution in [0.3, 0.4) is 0 Å². The molecule has 2 aliphatic heterocycles. The first-order chi connectivity index (χ1) is 13.7. The van der Waals surface area contributed by atoms with Crippen LogP contribution in [0.25, 0.3) is 0 Å². The average Bonchev–Trinajstić information content (AvgIpc) is 3.08. The van der Waals surface area contributed by atoms with Crippen LogP contribution in [-0.4, -0.2) is 36.3 Å². The smallest absolute Gasteiger partial charge is 0.223 e. The topological polar surface area (TPSA) is 38.8 Å². The first-order valence-electron chi connectivity index (χ1n) is 9.78. The Morgan fingerprint density at radius 2 is 1.86 bits per heavy atom. The predicted molar refractivity (Wildman–Crippen MR) is 107 cm³/mol. The van der Waals surface area contributed by atoms with E-state index in [0.29, 0.717) is 25.4 Å². The predicted octanol–water partition coefficient (Wildman–Crippen LogP) is 4.83. The molecule has 28 heavy (non-hydrogen) atoms. The van der Waals surface area contributed by atoms with E-state index in [0.717, 1.165) is 47.8 Å². The van der Waals surface area contributed by atoms with Crippen molar-refractivity contribution in [2.45, 2.75) is 36.6 Å². The number of benzene rings is 2. The van der Waals surface area contributed by atoms with Crippen molar-refractivity contribution in [3.05, 3.63) is 53.8 Å². The molecule has 1 saturated heterocycles. The van der Waals surface area contributed by atoms with E-state index in [9.17, 15) is 9.18 Å². The van der Waals surface area contributed by atoms with Crippen molar-refractivity contribution in [1.82, 2.24) is 4.90 Å². The Morgan fingerprint density at radius 1 is 1.07 bits per heavy atom. The van der Waals surface area contributed by atoms with E-state index in [1.165, 1.54) is 12.1 Å². The summed E-state index contributed by atoms with van der Waals surface area (Å²) in [4.78, 5) is 15.8. The molecule has 1 fully saturated rings. The monoisotopic (exact) mass is 401 g/mol. The lowest BCUT2D eigenvalue weighted by molar-refractivity contribution is -0.131. The fourth-order valence-electron chi connectivity index (χ4n) is 3.73. The zero-order valence-corrected chi connectivity index (χ0v) is 16.6. The number of amides is 1. The first-order valence-corrected chi connectivity index (χ1v) is 10.8. The van der Waals surface area contributed by atoms with E-state index in [1.54, 1.807) is 23.9 Å². The number of fused-ring (bicyclic) bond motifs is 1. The minimum atomic E-state index is -0.240. The quantitative estimate of drug-likeness (QED) is 0.673. The van der Waals surface area contributed by atoms with Crippen molar-refractivity contribution in [2.75, 3.05) is 25.5 Å². The van der Waals surface area contributed by atoms with Gasteiger partial charge < -0.3 is 14.4 Å². The Morgan fingerprint density at radius 3 is 2.68 bits per heavy atom. The molecule has 0 aromatic heterocycles. The van der Waals surface area contributed by atoms with Gasteiger partial charge in [-0.3, -0.25) is 4.79 Å². The minimum Gasteiger partial charge on any atom is -0.490 e. The molecule has 4 nitrogen and oxygen atoms in total. The second-order valence-corrected chi connectivity index (χ2v) is 8.22. The van der Waals surface area contributed by atoms with Gasteiger partial charge in [0.1, 0.15) is 5.82 Å². The van der Waals surface area contributed by atoms with Gasteiger partial charge in [0, 0.05) is 30.0 Å². The number of thioether (sulfide) groups is 1. The van der Waals surface area contributed by atoms with Crippen molar-refractivity contribution >= 4 is 17.7 Å². The minimum absolute atomic E-state index is 0.0977. The number of ether oxygens (including phenoxy) is 2. The molecule has 2 aromatic rings. The van der Waals surface area contributed by atoms with Crippen LogP contribution in [0, 0.1) is 5.82 Å². The Balaban J connectivity index is 1.38. The molecule has 0 radical (unpaired) electrons. The largest absolute Gasteiger partial charge is 0.490 e. The normalized spacial score (nSPS) is 18.8. The van der Waals surface area contributed by atoms with Crippen molar-refractivity contribution in [3.63, 3.8) is 0 Å². The fraction of sp³-hybridized carbons (Fsp3) is 0.409. The van der Waals surface area contributed by atoms with Crippen LogP contribution < -0.4 is 9.47 Å². The lowest BCUT2D eigenvalue weighted by Gasteiger charge is -2.25. The van der Waals surface area contributed by atoms with Crippen LogP contribution in [0.15, 0.2) is 47.4 Å². The Labute approximate surface area is 169 Å². The summed E-state index contributed by atoms with van der Waals surface area (Å²) in [5, 5.41) is 0. The molecule has 0 bridgehead atoms. The van der Waals surface area contributed by atoms with Crippen LogP contribution >= 0.6 is 11.8 Å². The highest BCUT2D eigenvalue weighted by Crippen LogP contribution is 2.38. The third kappa shape index (κ3) is 4.43. The number of nitrogens with zero attached hydrogens (tertiary/aromatic N) is 1. The number of likely N-dealkylation sites (tertiary alicyclic amines) is 1. The molecule has 2 heterocycles. The maximum Gasteiger partial charge on any atom is 0.223 e. The van der Waals surface area contributed by atoms with E-state index >= 15 is 0 Å². The van der Waals surface area contributed by atoms with E-state index < -0.39 is 0 Å². The van der Waals surface area contributed by atoms with Crippen molar-refractivity contribution < 1.29 is 18.7 Å². The van der Waals surface area contributed by atoms with Gasteiger partial charge in [-0.05, 0) is 54.8 Å². The number of halogens is 1. The molecular weight excluding hydrogens is 377 g/mol. The summed E-state index contributed by atoms with van der Waals surface area (Å²) in [6, 6.07) is 12.5. The van der Waals surface area contributed by atoms with Gasteiger partial charge in [0.15, 0.2) is 11.5 Å². The lowest BCUT2D eigenvalue weighted by Crippen LogP contribution is -2.30. The third-order valence-corrected chi connectivity index (χ3v) is 6.14. The van der Waals surface area contributed by atoms with E-state index in [4.69, 9.17) is 9.47 Å². The molecule has 0 unspecified atom stereocenters. The SMILES string of the molecule is O=C(CCSc1ccc(F)cc1)N1CCC[C@@H]1c1ccc2c(c1)OCCCO2. The van der Waals surface area contributed by atoms with Gasteiger partial charge in [-0.25, -0.2) is 4.39 Å². The fourth-order valence-corrected chi connectivity index (χ4v) is 4.57. The molecule has 2 aromatic carbocycles. The van der Waals surface area contributed by atoms with Gasteiger partial charge in [-0.15, -0.1) is 11.8 Å². The third-order valence-electron chi connectivity index (χ3n) is 5.13. The second kappa shape index (κ2) is 8.86. The summed E-state index contributed by atoms with van der Waals surface area (Å²) < 4.78 is 24.5. The standard InChI is InChI=1S/C22H24FNO3S/c23-17-5-7-18(8-6-17)28-14-10-22(25)24-11-1-3-19(24)16-4-9-20-21(15-16)27-13-2-12-26-20/h4-9,15,19H,1-3,10-14H2/t19-/m1/s1. The summed E-state index contributed by atoms with van der Waals surface area (Å²) >= 11 is 1.58. The molecule has 0 saturated carbocycles. The molecule has 0 N–H and O–H groups in total. The number of carbonyl (C=O) groups excluding carboxylic acids is 1. The van der Waals surface area contributed by atoms with Gasteiger partial charge in [-0.1, -0.05) is 6.07 Å².